The summed E-state index contributed by atoms with van der Waals surface area (Å²) in [6, 6.07) is 6.35. The number of rotatable bonds is 2. The summed E-state index contributed by atoms with van der Waals surface area (Å²) >= 11 is 7.59. The molecule has 3 nitrogen and oxygen atoms in total. The fourth-order valence-electron chi connectivity index (χ4n) is 1.75. The lowest BCUT2D eigenvalue weighted by Crippen LogP contribution is -1.93. The predicted octanol–water partition coefficient (Wildman–Crippen LogP) is 4.16. The number of benzene rings is 1. The van der Waals surface area contributed by atoms with Crippen LogP contribution in [-0.4, -0.2) is 17.1 Å². The van der Waals surface area contributed by atoms with Crippen LogP contribution in [0.5, 0.6) is 5.75 Å². The summed E-state index contributed by atoms with van der Waals surface area (Å²) in [4.78, 5) is 9.45. The molecule has 0 bridgehead atoms. The normalized spacial score (nSPS) is 10.9. The van der Waals surface area contributed by atoms with Crippen molar-refractivity contribution in [3.05, 3.63) is 40.6 Å². The van der Waals surface area contributed by atoms with E-state index >= 15 is 0 Å². The summed E-state index contributed by atoms with van der Waals surface area (Å²) < 4.78 is 18.3. The van der Waals surface area contributed by atoms with Crippen LogP contribution in [0.1, 0.15) is 0 Å². The quantitative estimate of drug-likeness (QED) is 0.666. The van der Waals surface area contributed by atoms with Crippen LogP contribution in [0.3, 0.4) is 0 Å². The molecule has 0 amide bonds. The number of methoxy groups -OCH3 is 1. The molecule has 19 heavy (non-hydrogen) atoms. The molecule has 0 saturated carbocycles. The van der Waals surface area contributed by atoms with Crippen LogP contribution in [0.2, 0.25) is 5.15 Å². The van der Waals surface area contributed by atoms with E-state index in [1.165, 1.54) is 24.5 Å². The lowest BCUT2D eigenvalue weighted by Gasteiger charge is -2.05. The number of nitrogens with zero attached hydrogens (tertiary/aromatic N) is 2. The molecule has 96 valence electrons. The van der Waals surface area contributed by atoms with Crippen molar-refractivity contribution in [2.24, 2.45) is 0 Å². The third-order valence-corrected chi connectivity index (χ3v) is 3.78. The van der Waals surface area contributed by atoms with Gasteiger partial charge in [0, 0.05) is 10.9 Å². The van der Waals surface area contributed by atoms with Gasteiger partial charge in [-0.2, -0.15) is 0 Å². The van der Waals surface area contributed by atoms with E-state index in [9.17, 15) is 4.39 Å². The molecule has 0 atom stereocenters. The Bertz CT molecular complexity index is 759. The second-order valence-electron chi connectivity index (χ2n) is 3.83. The lowest BCUT2D eigenvalue weighted by atomic mass is 10.2. The van der Waals surface area contributed by atoms with Crippen molar-refractivity contribution in [1.82, 2.24) is 9.97 Å². The second-order valence-corrected chi connectivity index (χ2v) is 5.08. The van der Waals surface area contributed by atoms with Gasteiger partial charge in [0.15, 0.2) is 17.4 Å². The van der Waals surface area contributed by atoms with Gasteiger partial charge in [0.25, 0.3) is 0 Å². The van der Waals surface area contributed by atoms with E-state index in [0.29, 0.717) is 16.5 Å². The van der Waals surface area contributed by atoms with E-state index < -0.39 is 5.82 Å². The molecular formula is C13H8ClFN2OS. The Morgan fingerprint density at radius 1 is 1.26 bits per heavy atom. The van der Waals surface area contributed by atoms with Gasteiger partial charge in [0.1, 0.15) is 9.98 Å². The zero-order valence-electron chi connectivity index (χ0n) is 9.85. The van der Waals surface area contributed by atoms with E-state index in [1.54, 1.807) is 12.1 Å². The third-order valence-electron chi connectivity index (χ3n) is 2.69. The van der Waals surface area contributed by atoms with Crippen molar-refractivity contribution in [3.8, 4) is 17.1 Å². The number of hydrogen-bond donors (Lipinski definition) is 0. The Morgan fingerprint density at radius 3 is 2.89 bits per heavy atom. The highest BCUT2D eigenvalue weighted by Crippen LogP contribution is 2.30. The number of aromatic nitrogens is 2. The van der Waals surface area contributed by atoms with Gasteiger partial charge in [0.2, 0.25) is 0 Å². The Balaban J connectivity index is 2.18. The molecule has 1 aromatic carbocycles. The number of ether oxygens (including phenoxy) is 1. The largest absolute Gasteiger partial charge is 0.494 e. The highest BCUT2D eigenvalue weighted by molar-refractivity contribution is 7.16. The average Bonchev–Trinajstić information content (AvgIpc) is 2.88. The molecule has 0 aliphatic carbocycles. The van der Waals surface area contributed by atoms with Gasteiger partial charge in [-0.3, -0.25) is 0 Å². The van der Waals surface area contributed by atoms with Crippen LogP contribution < -0.4 is 4.74 Å². The average molecular weight is 295 g/mol. The molecule has 3 rings (SSSR count). The fraction of sp³-hybridized carbons (Fsp3) is 0.0769. The molecule has 0 N–H and O–H groups in total. The number of hydrogen-bond acceptors (Lipinski definition) is 4. The zero-order valence-corrected chi connectivity index (χ0v) is 11.4. The molecule has 0 aliphatic rings. The van der Waals surface area contributed by atoms with Gasteiger partial charge >= 0.3 is 0 Å². The highest BCUT2D eigenvalue weighted by atomic mass is 35.5. The van der Waals surface area contributed by atoms with E-state index in [1.807, 2.05) is 11.4 Å². The molecule has 0 unspecified atom stereocenters. The van der Waals surface area contributed by atoms with Crippen molar-refractivity contribution in [3.63, 3.8) is 0 Å². The van der Waals surface area contributed by atoms with Gasteiger partial charge in [-0.05, 0) is 29.6 Å². The minimum absolute atomic E-state index is 0.156. The first kappa shape index (κ1) is 12.3. The molecule has 3 aromatic rings. The maximum Gasteiger partial charge on any atom is 0.165 e. The van der Waals surface area contributed by atoms with E-state index in [-0.39, 0.29) is 5.75 Å². The predicted molar refractivity (Wildman–Crippen MR) is 74.4 cm³/mol. The maximum atomic E-state index is 13.4. The van der Waals surface area contributed by atoms with E-state index in [2.05, 4.69) is 9.97 Å². The first-order chi connectivity index (χ1) is 9.19. The summed E-state index contributed by atoms with van der Waals surface area (Å²) in [5.41, 5.74) is 0.662. The number of thiophene rings is 1. The molecule has 0 aliphatic heterocycles. The lowest BCUT2D eigenvalue weighted by molar-refractivity contribution is 0.387. The van der Waals surface area contributed by atoms with E-state index in [4.69, 9.17) is 16.3 Å². The first-order valence-corrected chi connectivity index (χ1v) is 6.69. The maximum absolute atomic E-state index is 13.4. The van der Waals surface area contributed by atoms with Crippen LogP contribution >= 0.6 is 22.9 Å². The summed E-state index contributed by atoms with van der Waals surface area (Å²) in [5, 5.41) is 3.12. The fourth-order valence-corrected chi connectivity index (χ4v) is 2.80. The van der Waals surface area contributed by atoms with Crippen LogP contribution in [0.25, 0.3) is 21.6 Å². The first-order valence-electron chi connectivity index (χ1n) is 5.43. The van der Waals surface area contributed by atoms with Crippen LogP contribution in [-0.2, 0) is 0 Å². The third kappa shape index (κ3) is 2.15. The van der Waals surface area contributed by atoms with Gasteiger partial charge in [-0.1, -0.05) is 11.6 Å². The van der Waals surface area contributed by atoms with Crippen LogP contribution in [0.4, 0.5) is 4.39 Å². The minimum Gasteiger partial charge on any atom is -0.494 e. The second kappa shape index (κ2) is 4.75. The molecule has 2 heterocycles. The van der Waals surface area contributed by atoms with E-state index in [0.717, 1.165) is 10.2 Å². The number of halogens is 2. The van der Waals surface area contributed by atoms with Crippen LogP contribution in [0.15, 0.2) is 29.6 Å². The Morgan fingerprint density at radius 2 is 2.11 bits per heavy atom. The molecular weight excluding hydrogens is 287 g/mol. The van der Waals surface area contributed by atoms with Gasteiger partial charge in [-0.15, -0.1) is 11.3 Å². The monoisotopic (exact) mass is 294 g/mol. The zero-order chi connectivity index (χ0) is 13.4. The van der Waals surface area contributed by atoms with Crippen molar-refractivity contribution >= 4 is 33.2 Å². The van der Waals surface area contributed by atoms with Crippen molar-refractivity contribution in [1.29, 1.82) is 0 Å². The molecule has 2 aromatic heterocycles. The van der Waals surface area contributed by atoms with Crippen molar-refractivity contribution in [2.45, 2.75) is 0 Å². The van der Waals surface area contributed by atoms with Gasteiger partial charge < -0.3 is 4.74 Å². The van der Waals surface area contributed by atoms with Gasteiger partial charge in [0.05, 0.1) is 7.11 Å². The van der Waals surface area contributed by atoms with Crippen LogP contribution in [0, 0.1) is 5.82 Å². The molecule has 0 saturated heterocycles. The van der Waals surface area contributed by atoms with Gasteiger partial charge in [-0.25, -0.2) is 14.4 Å². The summed E-state index contributed by atoms with van der Waals surface area (Å²) in [7, 11) is 1.42. The standard InChI is InChI=1S/C13H8ClFN2OS/c1-18-10-6-7(2-3-9(10)15)12-16-11(14)8-4-5-19-13(8)17-12/h2-6H,1H3. The van der Waals surface area contributed by atoms with Crippen molar-refractivity contribution < 1.29 is 9.13 Å². The summed E-state index contributed by atoms with van der Waals surface area (Å²) in [6.07, 6.45) is 0. The Hall–Kier alpha value is -1.72. The molecule has 0 radical (unpaired) electrons. The SMILES string of the molecule is COc1cc(-c2nc(Cl)c3ccsc3n2)ccc1F. The highest BCUT2D eigenvalue weighted by Gasteiger charge is 2.11. The smallest absolute Gasteiger partial charge is 0.165 e. The Labute approximate surface area is 117 Å². The molecule has 6 heteroatoms. The minimum atomic E-state index is -0.422. The topological polar surface area (TPSA) is 35.0 Å². The molecule has 0 fully saturated rings. The molecule has 0 spiro atoms. The summed E-state index contributed by atoms with van der Waals surface area (Å²) in [6.45, 7) is 0. The van der Waals surface area contributed by atoms with Crippen molar-refractivity contribution in [2.75, 3.05) is 7.11 Å². The summed E-state index contributed by atoms with van der Waals surface area (Å²) in [5.74, 6) is 0.191. The Kier molecular flexibility index (Phi) is 3.08. The number of fused-ring (bicyclic) bond motifs is 1.